The first kappa shape index (κ1) is 18.5. The van der Waals surface area contributed by atoms with Crippen LogP contribution in [0.4, 0.5) is 16.2 Å². The minimum atomic E-state index is -0.238. The van der Waals surface area contributed by atoms with Gasteiger partial charge in [0, 0.05) is 38.1 Å². The average Bonchev–Trinajstić information content (AvgIpc) is 3.06. The molecule has 26 heavy (non-hydrogen) atoms. The van der Waals surface area contributed by atoms with Crippen molar-refractivity contribution in [1.82, 2.24) is 4.98 Å². The lowest BCUT2D eigenvalue weighted by Crippen LogP contribution is -2.19. The van der Waals surface area contributed by atoms with E-state index in [4.69, 9.17) is 0 Å². The molecule has 3 rings (SSSR count). The van der Waals surface area contributed by atoms with E-state index in [1.807, 2.05) is 47.8 Å². The highest BCUT2D eigenvalue weighted by Crippen LogP contribution is 2.31. The molecule has 0 aliphatic heterocycles. The lowest BCUT2D eigenvalue weighted by Gasteiger charge is -2.15. The average molecular weight is 384 g/mol. The summed E-state index contributed by atoms with van der Waals surface area (Å²) in [7, 11) is 0. The normalized spacial score (nSPS) is 11.2. The van der Waals surface area contributed by atoms with Crippen LogP contribution >= 0.6 is 23.1 Å². The number of rotatable bonds is 4. The molecule has 2 aromatic heterocycles. The van der Waals surface area contributed by atoms with Gasteiger partial charge in [-0.3, -0.25) is 4.98 Å². The Bertz CT molecular complexity index is 868. The molecule has 2 heterocycles. The summed E-state index contributed by atoms with van der Waals surface area (Å²) in [4.78, 5) is 19.7. The largest absolute Gasteiger partial charge is 0.323 e. The van der Waals surface area contributed by atoms with Crippen molar-refractivity contribution in [3.63, 3.8) is 0 Å². The molecule has 0 saturated heterocycles. The second-order valence-corrected chi connectivity index (χ2v) is 8.90. The molecule has 6 heteroatoms. The van der Waals surface area contributed by atoms with Crippen molar-refractivity contribution < 1.29 is 4.79 Å². The number of carbonyl (C=O) groups is 1. The number of urea groups is 1. The van der Waals surface area contributed by atoms with Crippen molar-refractivity contribution in [2.75, 3.05) is 10.6 Å². The predicted octanol–water partition coefficient (Wildman–Crippen LogP) is 6.24. The summed E-state index contributed by atoms with van der Waals surface area (Å²) in [5.74, 6) is 0. The first-order chi connectivity index (χ1) is 12.4. The summed E-state index contributed by atoms with van der Waals surface area (Å²) in [5, 5.41) is 7.72. The lowest BCUT2D eigenvalue weighted by molar-refractivity contribution is 0.262. The number of anilines is 2. The number of nitrogens with zero attached hydrogens (tertiary/aromatic N) is 1. The van der Waals surface area contributed by atoms with Crippen LogP contribution in [0.3, 0.4) is 0 Å². The smallest absolute Gasteiger partial charge is 0.308 e. The minimum Gasteiger partial charge on any atom is -0.308 e. The third-order valence-electron chi connectivity index (χ3n) is 3.59. The first-order valence-electron chi connectivity index (χ1n) is 8.25. The Morgan fingerprint density at radius 1 is 0.962 bits per heavy atom. The number of hydrogen-bond donors (Lipinski definition) is 2. The Kier molecular flexibility index (Phi) is 5.64. The molecule has 0 aliphatic carbocycles. The van der Waals surface area contributed by atoms with Crippen molar-refractivity contribution in [3.8, 4) is 0 Å². The van der Waals surface area contributed by atoms with Crippen LogP contribution < -0.4 is 10.6 Å². The zero-order valence-corrected chi connectivity index (χ0v) is 16.6. The van der Waals surface area contributed by atoms with Gasteiger partial charge in [-0.05, 0) is 47.9 Å². The zero-order chi connectivity index (χ0) is 18.6. The highest BCUT2D eigenvalue weighted by molar-refractivity contribution is 7.99. The third-order valence-corrected chi connectivity index (χ3v) is 5.97. The molecule has 3 aromatic rings. The van der Waals surface area contributed by atoms with Crippen LogP contribution in [-0.2, 0) is 5.41 Å². The van der Waals surface area contributed by atoms with Crippen LogP contribution in [-0.4, -0.2) is 11.0 Å². The third kappa shape index (κ3) is 5.09. The van der Waals surface area contributed by atoms with Crippen LogP contribution in [0.2, 0.25) is 0 Å². The van der Waals surface area contributed by atoms with Crippen LogP contribution in [0.5, 0.6) is 0 Å². The molecule has 0 spiro atoms. The van der Waals surface area contributed by atoms with Gasteiger partial charge in [-0.15, -0.1) is 11.3 Å². The van der Waals surface area contributed by atoms with E-state index in [1.165, 1.54) is 4.88 Å². The highest BCUT2D eigenvalue weighted by Gasteiger charge is 2.16. The van der Waals surface area contributed by atoms with Crippen molar-refractivity contribution in [3.05, 3.63) is 65.1 Å². The molecule has 4 nitrogen and oxygen atoms in total. The van der Waals surface area contributed by atoms with E-state index in [0.717, 1.165) is 21.2 Å². The Morgan fingerprint density at radius 2 is 1.58 bits per heavy atom. The fourth-order valence-corrected chi connectivity index (χ4v) is 3.97. The number of thiophene rings is 1. The van der Waals surface area contributed by atoms with Crippen molar-refractivity contribution in [1.29, 1.82) is 0 Å². The highest BCUT2D eigenvalue weighted by atomic mass is 32.2. The maximum Gasteiger partial charge on any atom is 0.323 e. The number of nitrogens with one attached hydrogen (secondary N) is 2. The summed E-state index contributed by atoms with van der Waals surface area (Å²) in [6.45, 7) is 6.48. The van der Waals surface area contributed by atoms with Gasteiger partial charge in [0.25, 0.3) is 0 Å². The van der Waals surface area contributed by atoms with Gasteiger partial charge in [0.15, 0.2) is 0 Å². The standard InChI is InChI=1S/C20H21N3OS2/c1-20(2,3)18-12-15(13-25-18)23-19(24)22-14-4-6-16(7-5-14)26-17-8-10-21-11-9-17/h4-13H,1-3H3,(H2,22,23,24). The summed E-state index contributed by atoms with van der Waals surface area (Å²) in [5.41, 5.74) is 1.67. The van der Waals surface area contributed by atoms with Gasteiger partial charge in [-0.1, -0.05) is 32.5 Å². The van der Waals surface area contributed by atoms with E-state index in [0.29, 0.717) is 0 Å². The quantitative estimate of drug-likeness (QED) is 0.561. The summed E-state index contributed by atoms with van der Waals surface area (Å²) in [6, 6.07) is 13.5. The molecule has 1 aromatic carbocycles. The number of pyridine rings is 1. The summed E-state index contributed by atoms with van der Waals surface area (Å²) < 4.78 is 0. The topological polar surface area (TPSA) is 54.0 Å². The molecule has 2 amide bonds. The summed E-state index contributed by atoms with van der Waals surface area (Å²) >= 11 is 3.31. The van der Waals surface area contributed by atoms with Crippen molar-refractivity contribution >= 4 is 40.5 Å². The molecular formula is C20H21N3OS2. The molecule has 0 aliphatic rings. The molecule has 0 bridgehead atoms. The number of hydrogen-bond acceptors (Lipinski definition) is 4. The molecule has 0 unspecified atom stereocenters. The van der Waals surface area contributed by atoms with Crippen LogP contribution in [0.25, 0.3) is 0 Å². The van der Waals surface area contributed by atoms with Crippen molar-refractivity contribution in [2.45, 2.75) is 36.0 Å². The number of amides is 2. The van der Waals surface area contributed by atoms with E-state index in [2.05, 4.69) is 36.4 Å². The Morgan fingerprint density at radius 3 is 2.19 bits per heavy atom. The second-order valence-electron chi connectivity index (χ2n) is 6.84. The van der Waals surface area contributed by atoms with Gasteiger partial charge in [0.1, 0.15) is 0 Å². The molecule has 0 atom stereocenters. The Labute approximate surface area is 162 Å². The minimum absolute atomic E-state index is 0.0867. The molecule has 134 valence electrons. The molecular weight excluding hydrogens is 362 g/mol. The van der Waals surface area contributed by atoms with Gasteiger partial charge >= 0.3 is 6.03 Å². The van der Waals surface area contributed by atoms with E-state index in [1.54, 1.807) is 35.5 Å². The lowest BCUT2D eigenvalue weighted by atomic mass is 9.95. The number of carbonyl (C=O) groups excluding carboxylic acids is 1. The van der Waals surface area contributed by atoms with E-state index >= 15 is 0 Å². The van der Waals surface area contributed by atoms with Crippen molar-refractivity contribution in [2.24, 2.45) is 0 Å². The number of benzene rings is 1. The van der Waals surface area contributed by atoms with Gasteiger partial charge in [0.05, 0.1) is 5.69 Å². The van der Waals surface area contributed by atoms with E-state index in [9.17, 15) is 4.79 Å². The van der Waals surface area contributed by atoms with Crippen LogP contribution in [0, 0.1) is 0 Å². The summed E-state index contributed by atoms with van der Waals surface area (Å²) in [6.07, 6.45) is 3.55. The molecule has 2 N–H and O–H groups in total. The molecule has 0 radical (unpaired) electrons. The fourth-order valence-electron chi connectivity index (χ4n) is 2.24. The molecule has 0 saturated carbocycles. The Balaban J connectivity index is 1.57. The van der Waals surface area contributed by atoms with E-state index < -0.39 is 0 Å². The maximum absolute atomic E-state index is 12.2. The molecule has 0 fully saturated rings. The zero-order valence-electron chi connectivity index (χ0n) is 14.9. The van der Waals surface area contributed by atoms with Gasteiger partial charge < -0.3 is 10.6 Å². The number of aromatic nitrogens is 1. The monoisotopic (exact) mass is 383 g/mol. The van der Waals surface area contributed by atoms with E-state index in [-0.39, 0.29) is 11.4 Å². The Hall–Kier alpha value is -2.31. The predicted molar refractivity (Wildman–Crippen MR) is 110 cm³/mol. The van der Waals surface area contributed by atoms with Crippen LogP contribution in [0.1, 0.15) is 25.6 Å². The van der Waals surface area contributed by atoms with Gasteiger partial charge in [0.2, 0.25) is 0 Å². The van der Waals surface area contributed by atoms with Gasteiger partial charge in [-0.25, -0.2) is 4.79 Å². The van der Waals surface area contributed by atoms with Gasteiger partial charge in [-0.2, -0.15) is 0 Å². The SMILES string of the molecule is CC(C)(C)c1cc(NC(=O)Nc2ccc(Sc3ccncc3)cc2)cs1. The second kappa shape index (κ2) is 7.93. The first-order valence-corrected chi connectivity index (χ1v) is 9.95. The fraction of sp³-hybridized carbons (Fsp3) is 0.200. The van der Waals surface area contributed by atoms with Crippen LogP contribution in [0.15, 0.2) is 70.0 Å². The maximum atomic E-state index is 12.2.